The lowest BCUT2D eigenvalue weighted by Gasteiger charge is -2.36. The van der Waals surface area contributed by atoms with E-state index in [0.717, 1.165) is 0 Å². The molecule has 4 rings (SSSR count). The van der Waals surface area contributed by atoms with Crippen LogP contribution in [0.1, 0.15) is 31.2 Å². The summed E-state index contributed by atoms with van der Waals surface area (Å²) in [6, 6.07) is 4.11. The highest BCUT2D eigenvalue weighted by molar-refractivity contribution is 7.93. The molecule has 2 saturated heterocycles. The van der Waals surface area contributed by atoms with Crippen LogP contribution in [0.25, 0.3) is 0 Å². The molecule has 3 aliphatic rings. The monoisotopic (exact) mass is 332 g/mol. The second-order valence-corrected chi connectivity index (χ2v) is 8.69. The largest absolute Gasteiger partial charge is 0.586 e. The van der Waals surface area contributed by atoms with Gasteiger partial charge in [-0.15, -0.1) is 8.78 Å². The van der Waals surface area contributed by atoms with Gasteiger partial charge in [0, 0.05) is 0 Å². The maximum Gasteiger partial charge on any atom is 0.586 e. The van der Waals surface area contributed by atoms with Crippen LogP contribution in [-0.4, -0.2) is 30.3 Å². The van der Waals surface area contributed by atoms with Crippen molar-refractivity contribution in [3.63, 3.8) is 0 Å². The van der Waals surface area contributed by atoms with Gasteiger partial charge in [-0.05, 0) is 43.4 Å². The Hall–Kier alpha value is -1.41. The fraction of sp³-hybridized carbons (Fsp3) is 0.571. The third kappa shape index (κ3) is 1.93. The number of aliphatic hydroxyl groups is 1. The topological polar surface area (TPSA) is 72.8 Å². The molecule has 0 saturated carbocycles. The van der Waals surface area contributed by atoms with Crippen molar-refractivity contribution in [3.05, 3.63) is 23.8 Å². The molecule has 0 amide bonds. The summed E-state index contributed by atoms with van der Waals surface area (Å²) in [5.41, 5.74) is -0.952. The average molecular weight is 332 g/mol. The molecule has 2 unspecified atom stereocenters. The van der Waals surface area contributed by atoms with Crippen LogP contribution >= 0.6 is 0 Å². The zero-order valence-corrected chi connectivity index (χ0v) is 12.3. The number of rotatable bonds is 1. The molecule has 1 aromatic rings. The molecule has 0 radical (unpaired) electrons. The van der Waals surface area contributed by atoms with E-state index < -0.39 is 32.2 Å². The van der Waals surface area contributed by atoms with E-state index in [4.69, 9.17) is 0 Å². The highest BCUT2D eigenvalue weighted by Gasteiger charge is 2.53. The molecule has 2 bridgehead atoms. The van der Waals surface area contributed by atoms with E-state index in [-0.39, 0.29) is 24.3 Å². The average Bonchev–Trinajstić information content (AvgIpc) is 2.75. The van der Waals surface area contributed by atoms with Crippen LogP contribution in [0.4, 0.5) is 8.78 Å². The van der Waals surface area contributed by atoms with E-state index in [1.807, 2.05) is 0 Å². The fourth-order valence-corrected chi connectivity index (χ4v) is 6.21. The van der Waals surface area contributed by atoms with Crippen LogP contribution in [0.5, 0.6) is 11.5 Å². The molecule has 2 atom stereocenters. The molecule has 0 spiro atoms. The van der Waals surface area contributed by atoms with E-state index >= 15 is 0 Å². The number of hydrogen-bond donors (Lipinski definition) is 1. The third-order valence-electron chi connectivity index (χ3n) is 4.81. The molecule has 3 heterocycles. The lowest BCUT2D eigenvalue weighted by Crippen LogP contribution is -2.43. The Kier molecular flexibility index (Phi) is 2.65. The summed E-state index contributed by atoms with van der Waals surface area (Å²) in [5, 5.41) is 9.74. The van der Waals surface area contributed by atoms with Crippen LogP contribution in [0, 0.1) is 0 Å². The van der Waals surface area contributed by atoms with Crippen LogP contribution in [0.3, 0.4) is 0 Å². The molecular formula is C14H14F2O5S. The minimum atomic E-state index is -3.71. The first-order valence-corrected chi connectivity index (χ1v) is 8.66. The highest BCUT2D eigenvalue weighted by atomic mass is 32.2. The van der Waals surface area contributed by atoms with Gasteiger partial charge >= 0.3 is 6.29 Å². The Morgan fingerprint density at radius 3 is 2.32 bits per heavy atom. The zero-order chi connectivity index (χ0) is 15.8. The Labute approximate surface area is 125 Å². The second-order valence-electron chi connectivity index (χ2n) is 6.18. The van der Waals surface area contributed by atoms with Gasteiger partial charge in [0.1, 0.15) is 0 Å². The Morgan fingerprint density at radius 1 is 1.09 bits per heavy atom. The fourth-order valence-electron chi connectivity index (χ4n) is 3.72. The number of benzene rings is 1. The highest BCUT2D eigenvalue weighted by Crippen LogP contribution is 2.50. The van der Waals surface area contributed by atoms with Gasteiger partial charge in [-0.2, -0.15) is 0 Å². The summed E-state index contributed by atoms with van der Waals surface area (Å²) in [7, 11) is -3.17. The van der Waals surface area contributed by atoms with E-state index in [1.165, 1.54) is 18.2 Å². The first-order valence-electron chi connectivity index (χ1n) is 7.05. The number of ether oxygens (including phenoxy) is 2. The summed E-state index contributed by atoms with van der Waals surface area (Å²) in [4.78, 5) is 0. The Balaban J connectivity index is 1.69. The molecule has 8 heteroatoms. The first kappa shape index (κ1) is 14.2. The standard InChI is InChI=1S/C14H14F2O5S/c15-14(16)20-11-4-1-8(5-12(11)21-14)13(17)6-9-2-3-10(7-13)22(9,18)19/h1,4-5,9-10,17H,2-3,6-7H2. The normalized spacial score (nSPS) is 37.2. The smallest absolute Gasteiger partial charge is 0.395 e. The van der Waals surface area contributed by atoms with Gasteiger partial charge in [-0.3, -0.25) is 0 Å². The molecule has 3 aliphatic heterocycles. The number of alkyl halides is 2. The van der Waals surface area contributed by atoms with Gasteiger partial charge in [0.2, 0.25) is 0 Å². The SMILES string of the molecule is O=S1(=O)C2CCC1CC(O)(c1ccc3c(c1)OC(F)(F)O3)C2. The lowest BCUT2D eigenvalue weighted by molar-refractivity contribution is -0.286. The molecule has 22 heavy (non-hydrogen) atoms. The number of fused-ring (bicyclic) bond motifs is 3. The molecule has 1 aromatic carbocycles. The van der Waals surface area contributed by atoms with Crippen molar-refractivity contribution in [1.82, 2.24) is 0 Å². The van der Waals surface area contributed by atoms with Gasteiger partial charge in [0.05, 0.1) is 16.1 Å². The van der Waals surface area contributed by atoms with Gasteiger partial charge in [-0.1, -0.05) is 6.07 Å². The summed E-state index contributed by atoms with van der Waals surface area (Å²) in [6.45, 7) is 0. The van der Waals surface area contributed by atoms with Crippen LogP contribution < -0.4 is 9.47 Å². The van der Waals surface area contributed by atoms with E-state index in [2.05, 4.69) is 9.47 Å². The van der Waals surface area contributed by atoms with E-state index in [0.29, 0.717) is 18.4 Å². The maximum atomic E-state index is 13.1. The van der Waals surface area contributed by atoms with Crippen molar-refractivity contribution in [1.29, 1.82) is 0 Å². The predicted molar refractivity (Wildman–Crippen MR) is 71.5 cm³/mol. The van der Waals surface area contributed by atoms with Gasteiger partial charge in [-0.25, -0.2) is 8.42 Å². The molecule has 0 aliphatic carbocycles. The van der Waals surface area contributed by atoms with E-state index in [1.54, 1.807) is 0 Å². The number of hydrogen-bond acceptors (Lipinski definition) is 5. The lowest BCUT2D eigenvalue weighted by atomic mass is 9.86. The Bertz CT molecular complexity index is 726. The van der Waals surface area contributed by atoms with E-state index in [9.17, 15) is 22.3 Å². The maximum absolute atomic E-state index is 13.1. The number of halogens is 2. The molecule has 5 nitrogen and oxygen atoms in total. The summed E-state index contributed by atoms with van der Waals surface area (Å²) >= 11 is 0. The number of sulfone groups is 1. The molecule has 120 valence electrons. The summed E-state index contributed by atoms with van der Waals surface area (Å²) in [6.07, 6.45) is -2.46. The second kappa shape index (κ2) is 4.11. The van der Waals surface area contributed by atoms with Crippen LogP contribution in [0.2, 0.25) is 0 Å². The van der Waals surface area contributed by atoms with Gasteiger partial charge < -0.3 is 14.6 Å². The van der Waals surface area contributed by atoms with Crippen molar-refractivity contribution < 1.29 is 31.8 Å². The van der Waals surface area contributed by atoms with Crippen LogP contribution in [-0.2, 0) is 15.4 Å². The molecule has 2 fully saturated rings. The van der Waals surface area contributed by atoms with Crippen LogP contribution in [0.15, 0.2) is 18.2 Å². The quantitative estimate of drug-likeness (QED) is 0.851. The van der Waals surface area contributed by atoms with Crippen molar-refractivity contribution in [2.24, 2.45) is 0 Å². The van der Waals surface area contributed by atoms with Crippen molar-refractivity contribution >= 4 is 9.84 Å². The van der Waals surface area contributed by atoms with Crippen molar-refractivity contribution in [2.75, 3.05) is 0 Å². The third-order valence-corrected chi connectivity index (χ3v) is 7.47. The molecular weight excluding hydrogens is 318 g/mol. The van der Waals surface area contributed by atoms with Gasteiger partial charge in [0.25, 0.3) is 0 Å². The minimum Gasteiger partial charge on any atom is -0.395 e. The molecule has 1 N–H and O–H groups in total. The van der Waals surface area contributed by atoms with Crippen molar-refractivity contribution in [2.45, 2.75) is 48.1 Å². The van der Waals surface area contributed by atoms with Gasteiger partial charge in [0.15, 0.2) is 21.3 Å². The summed E-state index contributed by atoms with van der Waals surface area (Å²) in [5.74, 6) is -0.236. The first-order chi connectivity index (χ1) is 10.2. The molecule has 0 aromatic heterocycles. The predicted octanol–water partition coefficient (Wildman–Crippen LogP) is 1.94. The minimum absolute atomic E-state index is 0.0852. The zero-order valence-electron chi connectivity index (χ0n) is 11.5. The summed E-state index contributed by atoms with van der Waals surface area (Å²) < 4.78 is 59.1. The van der Waals surface area contributed by atoms with Crippen molar-refractivity contribution in [3.8, 4) is 11.5 Å². The Morgan fingerprint density at radius 2 is 1.68 bits per heavy atom.